The van der Waals surface area contributed by atoms with Crippen molar-refractivity contribution in [3.63, 3.8) is 0 Å². The molecule has 0 atom stereocenters. The normalized spacial score (nSPS) is 11.1. The maximum absolute atomic E-state index is 12.7. The average molecular weight is 333 g/mol. The van der Waals surface area contributed by atoms with E-state index in [9.17, 15) is 4.79 Å². The molecule has 4 nitrogen and oxygen atoms in total. The Kier molecular flexibility index (Phi) is 4.79. The van der Waals surface area contributed by atoms with Crippen LogP contribution < -0.4 is 5.32 Å². The maximum Gasteiger partial charge on any atom is 0.228 e. The molecule has 1 amide bonds. The highest BCUT2D eigenvalue weighted by molar-refractivity contribution is 6.03. The zero-order valence-corrected chi connectivity index (χ0v) is 15.1. The summed E-state index contributed by atoms with van der Waals surface area (Å²) in [5.41, 5.74) is 5.85. The Morgan fingerprint density at radius 3 is 2.64 bits per heavy atom. The molecule has 0 radical (unpaired) electrons. The third-order valence-corrected chi connectivity index (χ3v) is 4.46. The van der Waals surface area contributed by atoms with E-state index in [0.29, 0.717) is 6.42 Å². The molecule has 25 heavy (non-hydrogen) atoms. The number of nitrogens with zero attached hydrogens (tertiary/aromatic N) is 2. The van der Waals surface area contributed by atoms with Crippen LogP contribution in [0, 0.1) is 13.8 Å². The standard InChI is InChI=1S/C21H23N3O/c1-13(2)20-15(4)23-18-8-6-5-7-17(18)21(20)24-19(25)11-16-12-22-10-9-14(16)3/h5-10,12-13H,11H2,1-4H3,(H,23,24,25). The first-order valence-electron chi connectivity index (χ1n) is 8.56. The van der Waals surface area contributed by atoms with E-state index < -0.39 is 0 Å². The molecule has 1 aromatic carbocycles. The highest BCUT2D eigenvalue weighted by atomic mass is 16.1. The molecule has 2 aromatic heterocycles. The van der Waals surface area contributed by atoms with Gasteiger partial charge in [-0.05, 0) is 43.0 Å². The van der Waals surface area contributed by atoms with Crippen molar-refractivity contribution in [1.29, 1.82) is 0 Å². The average Bonchev–Trinajstić information content (AvgIpc) is 2.56. The summed E-state index contributed by atoms with van der Waals surface area (Å²) in [5.74, 6) is 0.237. The minimum Gasteiger partial charge on any atom is -0.325 e. The predicted octanol–water partition coefficient (Wildman–Crippen LogP) is 4.55. The summed E-state index contributed by atoms with van der Waals surface area (Å²) in [6.45, 7) is 8.25. The molecule has 0 aliphatic carbocycles. The van der Waals surface area contributed by atoms with E-state index >= 15 is 0 Å². The van der Waals surface area contributed by atoms with Gasteiger partial charge in [-0.1, -0.05) is 32.0 Å². The highest BCUT2D eigenvalue weighted by Crippen LogP contribution is 2.33. The fourth-order valence-corrected chi connectivity index (χ4v) is 3.23. The summed E-state index contributed by atoms with van der Waals surface area (Å²) >= 11 is 0. The molecular formula is C21H23N3O. The number of rotatable bonds is 4. The third-order valence-electron chi connectivity index (χ3n) is 4.46. The van der Waals surface area contributed by atoms with E-state index in [1.54, 1.807) is 12.4 Å². The van der Waals surface area contributed by atoms with Crippen LogP contribution in [0.3, 0.4) is 0 Å². The van der Waals surface area contributed by atoms with Crippen molar-refractivity contribution in [3.05, 3.63) is 65.1 Å². The highest BCUT2D eigenvalue weighted by Gasteiger charge is 2.17. The van der Waals surface area contributed by atoms with Crippen LogP contribution in [0.2, 0.25) is 0 Å². The maximum atomic E-state index is 12.7. The number of nitrogens with one attached hydrogen (secondary N) is 1. The van der Waals surface area contributed by atoms with Crippen LogP contribution in [0.15, 0.2) is 42.7 Å². The van der Waals surface area contributed by atoms with Crippen molar-refractivity contribution in [1.82, 2.24) is 9.97 Å². The van der Waals surface area contributed by atoms with Crippen LogP contribution in [-0.4, -0.2) is 15.9 Å². The molecule has 0 unspecified atom stereocenters. The lowest BCUT2D eigenvalue weighted by Gasteiger charge is -2.19. The topological polar surface area (TPSA) is 54.9 Å². The van der Waals surface area contributed by atoms with Crippen molar-refractivity contribution in [3.8, 4) is 0 Å². The van der Waals surface area contributed by atoms with Crippen molar-refractivity contribution in [2.75, 3.05) is 5.32 Å². The van der Waals surface area contributed by atoms with Crippen molar-refractivity contribution < 1.29 is 4.79 Å². The monoisotopic (exact) mass is 333 g/mol. The summed E-state index contributed by atoms with van der Waals surface area (Å²) in [7, 11) is 0. The van der Waals surface area contributed by atoms with E-state index in [4.69, 9.17) is 4.98 Å². The SMILES string of the molecule is Cc1ccncc1CC(=O)Nc1c(C(C)C)c(C)nc2ccccc12. The van der Waals surface area contributed by atoms with E-state index in [0.717, 1.165) is 39.0 Å². The molecule has 2 heterocycles. The number of aromatic nitrogens is 2. The van der Waals surface area contributed by atoms with Gasteiger partial charge in [-0.3, -0.25) is 14.8 Å². The molecule has 1 N–H and O–H groups in total. The zero-order chi connectivity index (χ0) is 18.0. The number of aryl methyl sites for hydroxylation is 2. The quantitative estimate of drug-likeness (QED) is 0.762. The second kappa shape index (κ2) is 7.01. The van der Waals surface area contributed by atoms with Gasteiger partial charge in [-0.2, -0.15) is 0 Å². The lowest BCUT2D eigenvalue weighted by atomic mass is 9.96. The van der Waals surface area contributed by atoms with Crippen LogP contribution in [0.4, 0.5) is 5.69 Å². The smallest absolute Gasteiger partial charge is 0.228 e. The van der Waals surface area contributed by atoms with E-state index in [1.165, 1.54) is 0 Å². The van der Waals surface area contributed by atoms with E-state index in [-0.39, 0.29) is 11.8 Å². The largest absolute Gasteiger partial charge is 0.325 e. The lowest BCUT2D eigenvalue weighted by Crippen LogP contribution is -2.18. The molecule has 0 fully saturated rings. The van der Waals surface area contributed by atoms with Gasteiger partial charge in [0, 0.05) is 29.0 Å². The third kappa shape index (κ3) is 3.53. The molecule has 0 saturated carbocycles. The first-order chi connectivity index (χ1) is 12.0. The molecule has 0 aliphatic heterocycles. The minimum atomic E-state index is -0.0336. The number of para-hydroxylation sites is 1. The van der Waals surface area contributed by atoms with Crippen LogP contribution in [0.1, 0.15) is 42.1 Å². The van der Waals surface area contributed by atoms with Gasteiger partial charge in [0.1, 0.15) is 0 Å². The Hall–Kier alpha value is -2.75. The van der Waals surface area contributed by atoms with Gasteiger partial charge in [-0.15, -0.1) is 0 Å². The summed E-state index contributed by atoms with van der Waals surface area (Å²) in [5, 5.41) is 4.12. The number of amides is 1. The van der Waals surface area contributed by atoms with E-state index in [2.05, 4.69) is 24.1 Å². The lowest BCUT2D eigenvalue weighted by molar-refractivity contribution is -0.115. The number of hydrogen-bond donors (Lipinski definition) is 1. The van der Waals surface area contributed by atoms with E-state index in [1.807, 2.05) is 44.2 Å². The number of hydrogen-bond acceptors (Lipinski definition) is 3. The second-order valence-corrected chi connectivity index (χ2v) is 6.68. The molecular weight excluding hydrogens is 310 g/mol. The number of benzene rings is 1. The van der Waals surface area contributed by atoms with Crippen molar-refractivity contribution in [2.24, 2.45) is 0 Å². The van der Waals surface area contributed by atoms with Crippen LogP contribution in [0.5, 0.6) is 0 Å². The Balaban J connectivity index is 2.01. The Bertz CT molecular complexity index is 932. The van der Waals surface area contributed by atoms with Gasteiger partial charge >= 0.3 is 0 Å². The molecule has 3 rings (SSSR count). The summed E-state index contributed by atoms with van der Waals surface area (Å²) < 4.78 is 0. The van der Waals surface area contributed by atoms with Gasteiger partial charge in [-0.25, -0.2) is 0 Å². The molecule has 4 heteroatoms. The van der Waals surface area contributed by atoms with Crippen molar-refractivity contribution >= 4 is 22.5 Å². The summed E-state index contributed by atoms with van der Waals surface area (Å²) in [4.78, 5) is 21.5. The van der Waals surface area contributed by atoms with Gasteiger partial charge in [0.15, 0.2) is 0 Å². The zero-order valence-electron chi connectivity index (χ0n) is 15.1. The Morgan fingerprint density at radius 2 is 1.92 bits per heavy atom. The number of pyridine rings is 2. The van der Waals surface area contributed by atoms with Crippen LogP contribution in [0.25, 0.3) is 10.9 Å². The van der Waals surface area contributed by atoms with Gasteiger partial charge in [0.25, 0.3) is 0 Å². The van der Waals surface area contributed by atoms with Gasteiger partial charge < -0.3 is 5.32 Å². The molecule has 3 aromatic rings. The van der Waals surface area contributed by atoms with Gasteiger partial charge in [0.2, 0.25) is 5.91 Å². The molecule has 0 aliphatic rings. The number of anilines is 1. The minimum absolute atomic E-state index is 0.0336. The molecule has 0 bridgehead atoms. The van der Waals surface area contributed by atoms with Gasteiger partial charge in [0.05, 0.1) is 17.6 Å². The Morgan fingerprint density at radius 1 is 1.16 bits per heavy atom. The second-order valence-electron chi connectivity index (χ2n) is 6.68. The first kappa shape index (κ1) is 17.1. The fourth-order valence-electron chi connectivity index (χ4n) is 3.23. The molecule has 0 spiro atoms. The first-order valence-corrected chi connectivity index (χ1v) is 8.56. The summed E-state index contributed by atoms with van der Waals surface area (Å²) in [6.07, 6.45) is 3.81. The van der Waals surface area contributed by atoms with Crippen LogP contribution in [-0.2, 0) is 11.2 Å². The van der Waals surface area contributed by atoms with Crippen molar-refractivity contribution in [2.45, 2.75) is 40.0 Å². The van der Waals surface area contributed by atoms with Crippen LogP contribution >= 0.6 is 0 Å². The number of fused-ring (bicyclic) bond motifs is 1. The predicted molar refractivity (Wildman–Crippen MR) is 102 cm³/mol. The molecule has 128 valence electrons. The fraction of sp³-hybridized carbons (Fsp3) is 0.286. The number of carbonyl (C=O) groups excluding carboxylic acids is 1. The molecule has 0 saturated heterocycles. The summed E-state index contributed by atoms with van der Waals surface area (Å²) in [6, 6.07) is 9.86. The number of carbonyl (C=O) groups is 1. The Labute approximate surface area is 148 Å².